The Morgan fingerprint density at radius 2 is 2.04 bits per heavy atom. The van der Waals surface area contributed by atoms with E-state index in [-0.39, 0.29) is 5.92 Å². The van der Waals surface area contributed by atoms with Gasteiger partial charge < -0.3 is 10.4 Å². The minimum Gasteiger partial charge on any atom is -0.388 e. The minimum atomic E-state index is -0.812. The Morgan fingerprint density at radius 1 is 1.22 bits per heavy atom. The minimum absolute atomic E-state index is 0.137. The van der Waals surface area contributed by atoms with Crippen LogP contribution in [0.4, 0.5) is 5.82 Å². The molecule has 3 aromatic rings. The number of hydrogen-bond donors (Lipinski definition) is 2. The molecule has 0 aliphatic rings. The number of pyridine rings is 1. The Hall–Kier alpha value is -2.54. The lowest BCUT2D eigenvalue weighted by molar-refractivity contribution is 0.0265. The number of anilines is 1. The first kappa shape index (κ1) is 15.4. The van der Waals surface area contributed by atoms with Crippen LogP contribution in [0.1, 0.15) is 20.8 Å². The second-order valence-electron chi connectivity index (χ2n) is 6.09. The first-order chi connectivity index (χ1) is 11.0. The van der Waals surface area contributed by atoms with Crippen LogP contribution in [0.3, 0.4) is 0 Å². The van der Waals surface area contributed by atoms with Crippen molar-refractivity contribution in [2.45, 2.75) is 26.4 Å². The van der Waals surface area contributed by atoms with E-state index in [1.54, 1.807) is 17.6 Å². The van der Waals surface area contributed by atoms with E-state index in [1.807, 2.05) is 44.2 Å². The molecule has 2 N–H and O–H groups in total. The van der Waals surface area contributed by atoms with Crippen molar-refractivity contribution in [2.75, 3.05) is 11.9 Å². The highest BCUT2D eigenvalue weighted by Gasteiger charge is 2.24. The van der Waals surface area contributed by atoms with Crippen LogP contribution < -0.4 is 5.32 Å². The molecule has 3 aromatic heterocycles. The van der Waals surface area contributed by atoms with Gasteiger partial charge in [0.25, 0.3) is 0 Å². The van der Waals surface area contributed by atoms with Crippen molar-refractivity contribution in [2.24, 2.45) is 5.92 Å². The van der Waals surface area contributed by atoms with Crippen LogP contribution in [-0.2, 0) is 0 Å². The van der Waals surface area contributed by atoms with Gasteiger partial charge in [-0.3, -0.25) is 4.98 Å². The molecule has 0 amide bonds. The number of aromatic nitrogens is 5. The quantitative estimate of drug-likeness (QED) is 0.749. The van der Waals surface area contributed by atoms with E-state index in [0.717, 1.165) is 0 Å². The summed E-state index contributed by atoms with van der Waals surface area (Å²) in [6, 6.07) is 9.26. The average molecular weight is 312 g/mol. The summed E-state index contributed by atoms with van der Waals surface area (Å²) in [5, 5.41) is 26.3. The van der Waals surface area contributed by atoms with E-state index in [9.17, 15) is 5.11 Å². The maximum atomic E-state index is 10.3. The SMILES string of the molecule is CC(C)C(C)(O)CNc1ccc2nnc(-c3ccccn3)n2n1. The Bertz CT molecular complexity index is 797. The van der Waals surface area contributed by atoms with Crippen molar-refractivity contribution in [3.63, 3.8) is 0 Å². The number of nitrogens with one attached hydrogen (secondary N) is 1. The molecule has 0 aromatic carbocycles. The third kappa shape index (κ3) is 3.14. The van der Waals surface area contributed by atoms with Gasteiger partial charge in [0.05, 0.1) is 5.60 Å². The van der Waals surface area contributed by atoms with E-state index in [0.29, 0.717) is 29.5 Å². The van der Waals surface area contributed by atoms with Crippen molar-refractivity contribution in [1.29, 1.82) is 0 Å². The van der Waals surface area contributed by atoms with Gasteiger partial charge in [-0.15, -0.1) is 15.3 Å². The first-order valence-corrected chi connectivity index (χ1v) is 7.57. The second kappa shape index (κ2) is 5.92. The summed E-state index contributed by atoms with van der Waals surface area (Å²) in [5.74, 6) is 1.37. The molecule has 0 radical (unpaired) electrons. The Kier molecular flexibility index (Phi) is 3.96. The lowest BCUT2D eigenvalue weighted by Crippen LogP contribution is -2.39. The molecule has 3 rings (SSSR count). The predicted molar refractivity (Wildman–Crippen MR) is 88.0 cm³/mol. The topological polar surface area (TPSA) is 88.2 Å². The molecule has 1 atom stereocenters. The molecular formula is C16H20N6O. The Labute approximate surface area is 134 Å². The summed E-state index contributed by atoms with van der Waals surface area (Å²) in [7, 11) is 0. The maximum Gasteiger partial charge on any atom is 0.203 e. The summed E-state index contributed by atoms with van der Waals surface area (Å²) < 4.78 is 1.65. The molecule has 1 unspecified atom stereocenters. The van der Waals surface area contributed by atoms with Crippen molar-refractivity contribution in [1.82, 2.24) is 24.8 Å². The largest absolute Gasteiger partial charge is 0.388 e. The van der Waals surface area contributed by atoms with Crippen molar-refractivity contribution < 1.29 is 5.11 Å². The third-order valence-corrected chi connectivity index (χ3v) is 4.03. The van der Waals surface area contributed by atoms with Gasteiger partial charge in [0, 0.05) is 12.7 Å². The summed E-state index contributed by atoms with van der Waals surface area (Å²) in [6.07, 6.45) is 1.71. The molecule has 120 valence electrons. The van der Waals surface area contributed by atoms with Crippen LogP contribution in [0.15, 0.2) is 36.5 Å². The van der Waals surface area contributed by atoms with Gasteiger partial charge in [-0.1, -0.05) is 19.9 Å². The van der Waals surface area contributed by atoms with E-state index < -0.39 is 5.60 Å². The normalized spacial score (nSPS) is 14.1. The zero-order valence-corrected chi connectivity index (χ0v) is 13.4. The molecule has 3 heterocycles. The zero-order chi connectivity index (χ0) is 16.4. The fourth-order valence-corrected chi connectivity index (χ4v) is 2.01. The highest BCUT2D eigenvalue weighted by atomic mass is 16.3. The summed E-state index contributed by atoms with van der Waals surface area (Å²) in [5.41, 5.74) is 0.541. The van der Waals surface area contributed by atoms with Gasteiger partial charge in [0.2, 0.25) is 5.82 Å². The predicted octanol–water partition coefficient (Wildman–Crippen LogP) is 2.01. The van der Waals surface area contributed by atoms with E-state index in [1.165, 1.54) is 0 Å². The molecule has 0 bridgehead atoms. The van der Waals surface area contributed by atoms with Gasteiger partial charge in [0.15, 0.2) is 5.65 Å². The van der Waals surface area contributed by atoms with Crippen molar-refractivity contribution in [3.05, 3.63) is 36.5 Å². The number of hydrogen-bond acceptors (Lipinski definition) is 6. The molecule has 0 saturated carbocycles. The van der Waals surface area contributed by atoms with E-state index >= 15 is 0 Å². The average Bonchev–Trinajstić information content (AvgIpc) is 2.97. The molecule has 23 heavy (non-hydrogen) atoms. The van der Waals surface area contributed by atoms with E-state index in [2.05, 4.69) is 25.6 Å². The number of nitrogens with zero attached hydrogens (tertiary/aromatic N) is 5. The Morgan fingerprint density at radius 3 is 2.74 bits per heavy atom. The molecule has 0 aliphatic heterocycles. The molecule has 0 spiro atoms. The highest BCUT2D eigenvalue weighted by molar-refractivity contribution is 5.55. The van der Waals surface area contributed by atoms with E-state index in [4.69, 9.17) is 0 Å². The van der Waals surface area contributed by atoms with Crippen LogP contribution in [0.2, 0.25) is 0 Å². The van der Waals surface area contributed by atoms with Gasteiger partial charge >= 0.3 is 0 Å². The number of fused-ring (bicyclic) bond motifs is 1. The molecule has 0 aliphatic carbocycles. The summed E-state index contributed by atoms with van der Waals surface area (Å²) >= 11 is 0. The van der Waals surface area contributed by atoms with Crippen molar-refractivity contribution in [3.8, 4) is 11.5 Å². The fourth-order valence-electron chi connectivity index (χ4n) is 2.01. The molecule has 0 fully saturated rings. The van der Waals surface area contributed by atoms with Gasteiger partial charge in [0.1, 0.15) is 11.5 Å². The third-order valence-electron chi connectivity index (χ3n) is 4.03. The van der Waals surface area contributed by atoms with Crippen LogP contribution in [0.5, 0.6) is 0 Å². The fraction of sp³-hybridized carbons (Fsp3) is 0.375. The van der Waals surface area contributed by atoms with Gasteiger partial charge in [-0.05, 0) is 37.1 Å². The lowest BCUT2D eigenvalue weighted by Gasteiger charge is -2.27. The molecule has 7 heteroatoms. The molecular weight excluding hydrogens is 292 g/mol. The highest BCUT2D eigenvalue weighted by Crippen LogP contribution is 2.18. The molecule has 7 nitrogen and oxygen atoms in total. The van der Waals surface area contributed by atoms with Crippen LogP contribution in [-0.4, -0.2) is 42.0 Å². The summed E-state index contributed by atoms with van der Waals surface area (Å²) in [6.45, 7) is 6.18. The number of rotatable bonds is 5. The van der Waals surface area contributed by atoms with Crippen LogP contribution in [0, 0.1) is 5.92 Å². The smallest absolute Gasteiger partial charge is 0.203 e. The van der Waals surface area contributed by atoms with Crippen molar-refractivity contribution >= 4 is 11.5 Å². The second-order valence-corrected chi connectivity index (χ2v) is 6.09. The molecule has 0 saturated heterocycles. The summed E-state index contributed by atoms with van der Waals surface area (Å²) in [4.78, 5) is 4.29. The lowest BCUT2D eigenvalue weighted by atomic mass is 9.93. The standard InChI is InChI=1S/C16H20N6O/c1-11(2)16(3,23)10-18-13-7-8-14-19-20-15(22(14)21-13)12-6-4-5-9-17-12/h4-9,11,23H,10H2,1-3H3,(H,18,21). The number of aliphatic hydroxyl groups is 1. The zero-order valence-electron chi connectivity index (χ0n) is 13.4. The van der Waals surface area contributed by atoms with Crippen LogP contribution >= 0.6 is 0 Å². The van der Waals surface area contributed by atoms with Gasteiger partial charge in [-0.25, -0.2) is 0 Å². The van der Waals surface area contributed by atoms with Crippen LogP contribution in [0.25, 0.3) is 17.2 Å². The first-order valence-electron chi connectivity index (χ1n) is 7.57. The Balaban J connectivity index is 1.90. The van der Waals surface area contributed by atoms with Gasteiger partial charge in [-0.2, -0.15) is 4.52 Å². The monoisotopic (exact) mass is 312 g/mol. The maximum absolute atomic E-state index is 10.3.